The van der Waals surface area contributed by atoms with Crippen molar-refractivity contribution in [3.63, 3.8) is 0 Å². The van der Waals surface area contributed by atoms with E-state index in [0.717, 1.165) is 5.56 Å². The summed E-state index contributed by atoms with van der Waals surface area (Å²) in [7, 11) is 0. The highest BCUT2D eigenvalue weighted by atomic mass is 16.6. The quantitative estimate of drug-likeness (QED) is 0.219. The maximum atomic E-state index is 13.0. The predicted molar refractivity (Wildman–Crippen MR) is 111 cm³/mol. The largest absolute Gasteiger partial charge is 0.507 e. The first-order valence-corrected chi connectivity index (χ1v) is 9.49. The Morgan fingerprint density at radius 3 is 2.52 bits per heavy atom. The molecule has 3 aromatic rings. The molecule has 0 radical (unpaired) electrons. The molecule has 1 atom stereocenters. The van der Waals surface area contributed by atoms with Crippen LogP contribution in [0.3, 0.4) is 0 Å². The van der Waals surface area contributed by atoms with Crippen LogP contribution in [-0.2, 0) is 16.1 Å². The van der Waals surface area contributed by atoms with Gasteiger partial charge in [-0.3, -0.25) is 19.7 Å². The molecule has 0 bridgehead atoms. The summed E-state index contributed by atoms with van der Waals surface area (Å²) in [4.78, 5) is 37.8. The summed E-state index contributed by atoms with van der Waals surface area (Å²) in [5.41, 5.74) is 1.37. The van der Waals surface area contributed by atoms with E-state index in [4.69, 9.17) is 4.42 Å². The molecule has 1 aromatic heterocycles. The summed E-state index contributed by atoms with van der Waals surface area (Å²) in [6.45, 7) is 1.85. The maximum absolute atomic E-state index is 13.0. The van der Waals surface area contributed by atoms with Crippen molar-refractivity contribution in [1.29, 1.82) is 0 Å². The molecular formula is C23H18N2O6. The molecule has 1 aliphatic rings. The zero-order chi connectivity index (χ0) is 22.1. The molecule has 0 aliphatic carbocycles. The van der Waals surface area contributed by atoms with E-state index in [2.05, 4.69) is 0 Å². The number of aliphatic hydroxyl groups is 1. The van der Waals surface area contributed by atoms with Crippen LogP contribution in [0.5, 0.6) is 0 Å². The molecule has 4 rings (SSSR count). The van der Waals surface area contributed by atoms with Gasteiger partial charge in [0.25, 0.3) is 17.4 Å². The predicted octanol–water partition coefficient (Wildman–Crippen LogP) is 4.12. The standard InChI is InChI=1S/C23H18N2O6/c1-14-7-9-15(10-8-14)21(26)19-20(16-4-2-5-17(12-16)25(29)30)24(23(28)22(19)27)13-18-6-3-11-31-18/h2-12,20,26H,13H2,1H3/t20-/m1/s1. The van der Waals surface area contributed by atoms with E-state index in [1.54, 1.807) is 42.5 Å². The number of carbonyl (C=O) groups is 2. The normalized spacial score (nSPS) is 17.8. The molecule has 31 heavy (non-hydrogen) atoms. The number of likely N-dealkylation sites (tertiary alicyclic amines) is 1. The number of Topliss-reactive ketones (excluding diaryl/α,β-unsaturated/α-hetero) is 1. The number of rotatable bonds is 5. The van der Waals surface area contributed by atoms with Gasteiger partial charge in [0.15, 0.2) is 0 Å². The third-order valence-corrected chi connectivity index (χ3v) is 5.17. The Hall–Kier alpha value is -4.20. The van der Waals surface area contributed by atoms with Gasteiger partial charge in [0.05, 0.1) is 29.3 Å². The zero-order valence-corrected chi connectivity index (χ0v) is 16.5. The molecule has 156 valence electrons. The number of ketones is 1. The van der Waals surface area contributed by atoms with Crippen molar-refractivity contribution in [3.8, 4) is 0 Å². The number of nitrogens with zero attached hydrogens (tertiary/aromatic N) is 2. The molecule has 8 heteroatoms. The number of hydrogen-bond donors (Lipinski definition) is 1. The molecule has 2 heterocycles. The first-order valence-electron chi connectivity index (χ1n) is 9.49. The SMILES string of the molecule is Cc1ccc(C(O)=C2C(=O)C(=O)N(Cc3ccco3)[C@@H]2c2cccc([N+](=O)[O-])c2)cc1. The molecule has 1 amide bonds. The molecular weight excluding hydrogens is 400 g/mol. The summed E-state index contributed by atoms with van der Waals surface area (Å²) < 4.78 is 5.33. The van der Waals surface area contributed by atoms with Crippen LogP contribution in [0.25, 0.3) is 5.76 Å². The van der Waals surface area contributed by atoms with Crippen molar-refractivity contribution in [2.75, 3.05) is 0 Å². The second-order valence-corrected chi connectivity index (χ2v) is 7.22. The van der Waals surface area contributed by atoms with Gasteiger partial charge in [0, 0.05) is 17.7 Å². The third kappa shape index (κ3) is 3.71. The highest BCUT2D eigenvalue weighted by Gasteiger charge is 2.46. The van der Waals surface area contributed by atoms with Crippen molar-refractivity contribution in [2.24, 2.45) is 0 Å². The molecule has 0 spiro atoms. The first kappa shape index (κ1) is 20.1. The fraction of sp³-hybridized carbons (Fsp3) is 0.130. The van der Waals surface area contributed by atoms with E-state index in [0.29, 0.717) is 16.9 Å². The van der Waals surface area contributed by atoms with E-state index in [1.807, 2.05) is 6.92 Å². The van der Waals surface area contributed by atoms with Crippen LogP contribution in [0.15, 0.2) is 76.9 Å². The van der Waals surface area contributed by atoms with Crippen molar-refractivity contribution in [1.82, 2.24) is 4.90 Å². The van der Waals surface area contributed by atoms with Gasteiger partial charge >= 0.3 is 0 Å². The summed E-state index contributed by atoms with van der Waals surface area (Å²) in [5.74, 6) is -1.58. The van der Waals surface area contributed by atoms with Crippen molar-refractivity contribution in [3.05, 3.63) is 105 Å². The minimum Gasteiger partial charge on any atom is -0.507 e. The minimum absolute atomic E-state index is 0.0321. The lowest BCUT2D eigenvalue weighted by atomic mass is 9.94. The average Bonchev–Trinajstić information content (AvgIpc) is 3.36. The van der Waals surface area contributed by atoms with Crippen LogP contribution in [0, 0.1) is 17.0 Å². The van der Waals surface area contributed by atoms with Crippen LogP contribution < -0.4 is 0 Å². The number of aryl methyl sites for hydroxylation is 1. The van der Waals surface area contributed by atoms with Gasteiger partial charge in [-0.05, 0) is 24.6 Å². The van der Waals surface area contributed by atoms with Crippen LogP contribution in [0.4, 0.5) is 5.69 Å². The lowest BCUT2D eigenvalue weighted by Gasteiger charge is -2.24. The summed E-state index contributed by atoms with van der Waals surface area (Å²) in [5, 5.41) is 22.3. The number of furan rings is 1. The average molecular weight is 418 g/mol. The maximum Gasteiger partial charge on any atom is 0.296 e. The monoisotopic (exact) mass is 418 g/mol. The fourth-order valence-corrected chi connectivity index (χ4v) is 3.64. The Morgan fingerprint density at radius 1 is 1.13 bits per heavy atom. The van der Waals surface area contributed by atoms with Crippen LogP contribution in [0.1, 0.15) is 28.5 Å². The van der Waals surface area contributed by atoms with E-state index < -0.39 is 22.7 Å². The van der Waals surface area contributed by atoms with Gasteiger partial charge in [0.2, 0.25) is 0 Å². The highest BCUT2D eigenvalue weighted by Crippen LogP contribution is 2.41. The topological polar surface area (TPSA) is 114 Å². The summed E-state index contributed by atoms with van der Waals surface area (Å²) >= 11 is 0. The number of non-ortho nitro benzene ring substituents is 1. The molecule has 1 aliphatic heterocycles. The molecule has 1 saturated heterocycles. The molecule has 8 nitrogen and oxygen atoms in total. The fourth-order valence-electron chi connectivity index (χ4n) is 3.64. The highest BCUT2D eigenvalue weighted by molar-refractivity contribution is 6.46. The van der Waals surface area contributed by atoms with Gasteiger partial charge in [-0.1, -0.05) is 42.0 Å². The minimum atomic E-state index is -1.01. The molecule has 1 fully saturated rings. The number of benzene rings is 2. The van der Waals surface area contributed by atoms with Gasteiger partial charge in [0.1, 0.15) is 11.5 Å². The molecule has 0 unspecified atom stereocenters. The Morgan fingerprint density at radius 2 is 1.87 bits per heavy atom. The van der Waals surface area contributed by atoms with E-state index in [9.17, 15) is 24.8 Å². The van der Waals surface area contributed by atoms with E-state index in [-0.39, 0.29) is 23.6 Å². The Kier molecular flexibility index (Phi) is 5.12. The van der Waals surface area contributed by atoms with Gasteiger partial charge in [-0.2, -0.15) is 0 Å². The van der Waals surface area contributed by atoms with Crippen LogP contribution in [-0.4, -0.2) is 26.6 Å². The Balaban J connectivity index is 1.89. The summed E-state index contributed by atoms with van der Waals surface area (Å²) in [6.07, 6.45) is 1.45. The number of nitro groups is 1. The number of carbonyl (C=O) groups excluding carboxylic acids is 2. The van der Waals surface area contributed by atoms with E-state index >= 15 is 0 Å². The van der Waals surface area contributed by atoms with Gasteiger partial charge < -0.3 is 14.4 Å². The second-order valence-electron chi connectivity index (χ2n) is 7.22. The molecule has 0 saturated carbocycles. The number of hydrogen-bond acceptors (Lipinski definition) is 6. The summed E-state index contributed by atoms with van der Waals surface area (Å²) in [6, 6.07) is 14.8. The lowest BCUT2D eigenvalue weighted by Crippen LogP contribution is -2.29. The van der Waals surface area contributed by atoms with Gasteiger partial charge in [-0.15, -0.1) is 0 Å². The number of amides is 1. The van der Waals surface area contributed by atoms with Crippen molar-refractivity contribution < 1.29 is 24.0 Å². The van der Waals surface area contributed by atoms with Gasteiger partial charge in [-0.25, -0.2) is 0 Å². The zero-order valence-electron chi connectivity index (χ0n) is 16.5. The van der Waals surface area contributed by atoms with Crippen molar-refractivity contribution in [2.45, 2.75) is 19.5 Å². The second kappa shape index (κ2) is 7.91. The third-order valence-electron chi connectivity index (χ3n) is 5.17. The Bertz CT molecular complexity index is 1200. The molecule has 1 N–H and O–H groups in total. The van der Waals surface area contributed by atoms with E-state index in [1.165, 1.54) is 29.4 Å². The number of aliphatic hydroxyl groups excluding tert-OH is 1. The van der Waals surface area contributed by atoms with Crippen LogP contribution >= 0.6 is 0 Å². The lowest BCUT2D eigenvalue weighted by molar-refractivity contribution is -0.384. The van der Waals surface area contributed by atoms with Crippen LogP contribution in [0.2, 0.25) is 0 Å². The van der Waals surface area contributed by atoms with Crippen molar-refractivity contribution >= 4 is 23.1 Å². The smallest absolute Gasteiger partial charge is 0.296 e. The first-order chi connectivity index (χ1) is 14.9. The number of nitro benzene ring substituents is 1. The Labute approximate surface area is 177 Å². The molecule has 2 aromatic carbocycles.